The van der Waals surface area contributed by atoms with E-state index in [1.807, 2.05) is 30.3 Å². The van der Waals surface area contributed by atoms with Crippen LogP contribution < -0.4 is 0 Å². The average molecular weight is 440 g/mol. The molecular formula is C27H24N2O4. The van der Waals surface area contributed by atoms with Crippen LogP contribution in [0.2, 0.25) is 0 Å². The summed E-state index contributed by atoms with van der Waals surface area (Å²) in [4.78, 5) is 16.9. The van der Waals surface area contributed by atoms with Crippen LogP contribution >= 0.6 is 0 Å². The number of fused-ring (bicyclic) bond motifs is 10. The van der Waals surface area contributed by atoms with Gasteiger partial charge in [-0.15, -0.1) is 0 Å². The lowest BCUT2D eigenvalue weighted by Crippen LogP contribution is -2.45. The first-order valence-electron chi connectivity index (χ1n) is 11.6. The van der Waals surface area contributed by atoms with E-state index >= 15 is 0 Å². The Bertz CT molecular complexity index is 1600. The van der Waals surface area contributed by atoms with Gasteiger partial charge in [-0.05, 0) is 31.0 Å². The van der Waals surface area contributed by atoms with Crippen molar-refractivity contribution in [1.82, 2.24) is 9.55 Å². The molecule has 0 amide bonds. The largest absolute Gasteiger partial charge is 0.390 e. The first-order chi connectivity index (χ1) is 16.0. The molecule has 6 nitrogen and oxygen atoms in total. The fourth-order valence-electron chi connectivity index (χ4n) is 6.10. The Balaban J connectivity index is 1.69. The third-order valence-electron chi connectivity index (χ3n) is 7.57. The number of nitrogens with zero attached hydrogens (tertiary/aromatic N) is 1. The van der Waals surface area contributed by atoms with Gasteiger partial charge in [-0.3, -0.25) is 4.79 Å². The Labute approximate surface area is 189 Å². The van der Waals surface area contributed by atoms with Gasteiger partial charge in [0.2, 0.25) is 0 Å². The Morgan fingerprint density at radius 3 is 2.58 bits per heavy atom. The van der Waals surface area contributed by atoms with Gasteiger partial charge < -0.3 is 24.5 Å². The number of hydrogen-bond acceptors (Lipinski definition) is 4. The number of carbonyl (C=O) groups excluding carboxylic acids is 1. The van der Waals surface area contributed by atoms with Gasteiger partial charge in [0.25, 0.3) is 0 Å². The van der Waals surface area contributed by atoms with Crippen molar-refractivity contribution in [3.63, 3.8) is 0 Å². The fraction of sp³-hybridized carbons (Fsp3) is 0.296. The molecule has 3 N–H and O–H groups in total. The normalized spacial score (nSPS) is 25.6. The van der Waals surface area contributed by atoms with Crippen LogP contribution in [0.3, 0.4) is 0 Å². The topological polar surface area (TPSA) is 87.5 Å². The number of aryl methyl sites for hydroxylation is 1. The number of aromatic nitrogens is 2. The highest BCUT2D eigenvalue weighted by Crippen LogP contribution is 2.47. The van der Waals surface area contributed by atoms with Crippen molar-refractivity contribution in [2.75, 3.05) is 0 Å². The summed E-state index contributed by atoms with van der Waals surface area (Å²) in [6.07, 6.45) is -1.26. The van der Waals surface area contributed by atoms with Crippen molar-refractivity contribution in [1.29, 1.82) is 0 Å². The molecule has 2 aliphatic rings. The number of ketones is 1. The average Bonchev–Trinajstić information content (AvgIpc) is 3.48. The van der Waals surface area contributed by atoms with Gasteiger partial charge in [0.15, 0.2) is 5.78 Å². The number of benzene rings is 3. The number of nitrogens with one attached hydrogen (secondary N) is 1. The van der Waals surface area contributed by atoms with Gasteiger partial charge in [-0.2, -0.15) is 0 Å². The third kappa shape index (κ3) is 2.46. The number of H-pyrrole nitrogens is 1. The Morgan fingerprint density at radius 1 is 1.00 bits per heavy atom. The predicted octanol–water partition coefficient (Wildman–Crippen LogP) is 4.59. The Hall–Kier alpha value is -3.19. The minimum absolute atomic E-state index is 0.179. The second kappa shape index (κ2) is 6.67. The number of rotatable bonds is 1. The van der Waals surface area contributed by atoms with E-state index in [0.29, 0.717) is 6.42 Å². The lowest BCUT2D eigenvalue weighted by Gasteiger charge is -2.36. The van der Waals surface area contributed by atoms with E-state index in [1.54, 1.807) is 6.92 Å². The van der Waals surface area contributed by atoms with Crippen LogP contribution in [0.5, 0.6) is 0 Å². The van der Waals surface area contributed by atoms with Crippen LogP contribution in [0.15, 0.2) is 48.5 Å². The molecule has 166 valence electrons. The number of aliphatic hydroxyl groups excluding tert-OH is 2. The molecule has 0 bridgehead atoms. The van der Waals surface area contributed by atoms with Gasteiger partial charge in [0, 0.05) is 45.5 Å². The van der Waals surface area contributed by atoms with Crippen LogP contribution in [-0.2, 0) is 11.2 Å². The molecule has 6 heteroatoms. The number of aromatic amines is 1. The molecule has 5 aromatic rings. The molecule has 1 aliphatic heterocycles. The van der Waals surface area contributed by atoms with E-state index in [1.165, 1.54) is 0 Å². The number of Topliss-reactive ketones (excluding diaryl/α,β-unsaturated/α-hetero) is 1. The lowest BCUT2D eigenvalue weighted by atomic mass is 9.97. The molecule has 4 atom stereocenters. The molecule has 33 heavy (non-hydrogen) atoms. The van der Waals surface area contributed by atoms with Gasteiger partial charge >= 0.3 is 0 Å². The molecule has 7 rings (SSSR count). The minimum Gasteiger partial charge on any atom is -0.390 e. The number of aliphatic hydroxyl groups is 2. The molecule has 3 aromatic carbocycles. The van der Waals surface area contributed by atoms with E-state index < -0.39 is 24.5 Å². The first-order valence-corrected chi connectivity index (χ1v) is 11.6. The summed E-state index contributed by atoms with van der Waals surface area (Å²) in [6.45, 7) is 1.79. The summed E-state index contributed by atoms with van der Waals surface area (Å²) in [7, 11) is 0. The molecule has 1 aliphatic carbocycles. The lowest BCUT2D eigenvalue weighted by molar-refractivity contribution is -0.182. The minimum atomic E-state index is -0.923. The zero-order valence-corrected chi connectivity index (χ0v) is 18.2. The van der Waals surface area contributed by atoms with E-state index in [4.69, 9.17) is 4.74 Å². The van der Waals surface area contributed by atoms with E-state index in [-0.39, 0.29) is 12.2 Å². The molecule has 3 heterocycles. The quantitative estimate of drug-likeness (QED) is 0.356. The smallest absolute Gasteiger partial charge is 0.164 e. The van der Waals surface area contributed by atoms with Crippen molar-refractivity contribution in [2.24, 2.45) is 0 Å². The number of para-hydroxylation sites is 2. The predicted molar refractivity (Wildman–Crippen MR) is 128 cm³/mol. The second-order valence-corrected chi connectivity index (χ2v) is 9.40. The Morgan fingerprint density at radius 2 is 1.76 bits per heavy atom. The summed E-state index contributed by atoms with van der Waals surface area (Å²) in [6, 6.07) is 16.3. The van der Waals surface area contributed by atoms with Crippen molar-refractivity contribution in [2.45, 2.75) is 50.7 Å². The standard InChI is InChI=1S/C27H24N2O4/c1-13-27(32)20(31)12-21(33-13)29-18-9-5-3-7-15(18)24-23-16(10-11-19(23)30)22-14-6-2-4-8-17(14)28-25(22)26(24)29/h2-9,13,20-21,27-28,31-32H,10-12H2,1H3/t13-,20-,21-,27-/m1/s1. The second-order valence-electron chi connectivity index (χ2n) is 9.40. The zero-order chi connectivity index (χ0) is 22.4. The highest BCUT2D eigenvalue weighted by atomic mass is 16.5. The van der Waals surface area contributed by atoms with Gasteiger partial charge in [0.1, 0.15) is 12.3 Å². The van der Waals surface area contributed by atoms with Crippen molar-refractivity contribution in [3.8, 4) is 0 Å². The maximum atomic E-state index is 13.2. The van der Waals surface area contributed by atoms with Crippen molar-refractivity contribution >= 4 is 49.4 Å². The van der Waals surface area contributed by atoms with Crippen LogP contribution in [0, 0.1) is 0 Å². The van der Waals surface area contributed by atoms with Crippen LogP contribution in [0.25, 0.3) is 43.6 Å². The first kappa shape index (κ1) is 19.3. The van der Waals surface area contributed by atoms with Gasteiger partial charge in [-0.25, -0.2) is 0 Å². The van der Waals surface area contributed by atoms with Crippen LogP contribution in [-0.4, -0.2) is 43.9 Å². The number of hydrogen-bond donors (Lipinski definition) is 3. The number of carbonyl (C=O) groups is 1. The zero-order valence-electron chi connectivity index (χ0n) is 18.2. The maximum absolute atomic E-state index is 13.2. The summed E-state index contributed by atoms with van der Waals surface area (Å²) in [5, 5.41) is 25.1. The molecule has 0 radical (unpaired) electrons. The summed E-state index contributed by atoms with van der Waals surface area (Å²) in [5.41, 5.74) is 5.86. The monoisotopic (exact) mass is 440 g/mol. The molecule has 0 unspecified atom stereocenters. The SMILES string of the molecule is C[C@H]1O[C@@H](n2c3ccccc3c3c4c(c5c6ccccc6[nH]c5c32)CCC4=O)C[C@@H](O)[C@@H]1O. The molecular weight excluding hydrogens is 416 g/mol. The molecule has 1 saturated heterocycles. The van der Waals surface area contributed by atoms with Crippen LogP contribution in [0.1, 0.15) is 41.9 Å². The maximum Gasteiger partial charge on any atom is 0.164 e. The number of ether oxygens (including phenoxy) is 1. The fourth-order valence-corrected chi connectivity index (χ4v) is 6.10. The van der Waals surface area contributed by atoms with E-state index in [0.717, 1.165) is 61.2 Å². The van der Waals surface area contributed by atoms with Crippen molar-refractivity contribution in [3.05, 3.63) is 59.7 Å². The molecule has 1 fully saturated rings. The van der Waals surface area contributed by atoms with Gasteiger partial charge in [0.05, 0.1) is 28.8 Å². The van der Waals surface area contributed by atoms with Gasteiger partial charge in [-0.1, -0.05) is 36.4 Å². The third-order valence-corrected chi connectivity index (χ3v) is 7.57. The molecule has 0 spiro atoms. The van der Waals surface area contributed by atoms with E-state index in [9.17, 15) is 15.0 Å². The molecule has 0 saturated carbocycles. The summed E-state index contributed by atoms with van der Waals surface area (Å²) in [5.74, 6) is 0.179. The summed E-state index contributed by atoms with van der Waals surface area (Å²) >= 11 is 0. The van der Waals surface area contributed by atoms with Crippen LogP contribution in [0.4, 0.5) is 0 Å². The van der Waals surface area contributed by atoms with Crippen molar-refractivity contribution < 1.29 is 19.7 Å². The highest BCUT2D eigenvalue weighted by molar-refractivity contribution is 6.30. The van der Waals surface area contributed by atoms with E-state index in [2.05, 4.69) is 27.8 Å². The highest BCUT2D eigenvalue weighted by Gasteiger charge is 2.38. The summed E-state index contributed by atoms with van der Waals surface area (Å²) < 4.78 is 8.38. The Kier molecular flexibility index (Phi) is 3.90. The molecule has 2 aromatic heterocycles.